The van der Waals surface area contributed by atoms with Crippen molar-refractivity contribution in [2.75, 3.05) is 0 Å². The van der Waals surface area contributed by atoms with Crippen molar-refractivity contribution in [2.45, 2.75) is 20.4 Å². The van der Waals surface area contributed by atoms with E-state index in [4.69, 9.17) is 0 Å². The van der Waals surface area contributed by atoms with Gasteiger partial charge in [0.2, 0.25) is 0 Å². The van der Waals surface area contributed by atoms with Gasteiger partial charge < -0.3 is 0 Å². The Kier molecular flexibility index (Phi) is 3.61. The van der Waals surface area contributed by atoms with Crippen molar-refractivity contribution in [1.29, 1.82) is 0 Å². The summed E-state index contributed by atoms with van der Waals surface area (Å²) in [5.74, 6) is -0.151. The van der Waals surface area contributed by atoms with Gasteiger partial charge in [-0.15, -0.1) is 16.4 Å². The van der Waals surface area contributed by atoms with Gasteiger partial charge in [-0.2, -0.15) is 0 Å². The Labute approximate surface area is 146 Å². The molecule has 0 fully saturated rings. The number of fused-ring (bicyclic) bond motifs is 1. The van der Waals surface area contributed by atoms with Crippen molar-refractivity contribution in [3.8, 4) is 5.13 Å². The summed E-state index contributed by atoms with van der Waals surface area (Å²) >= 11 is 1.51. The number of aromatic nitrogens is 5. The van der Waals surface area contributed by atoms with Crippen molar-refractivity contribution in [1.82, 2.24) is 23.7 Å². The topological polar surface area (TPSA) is 74.2 Å². The maximum Gasteiger partial charge on any atom is 0.350 e. The smallest absolute Gasteiger partial charge is 0.294 e. The summed E-state index contributed by atoms with van der Waals surface area (Å²) < 4.78 is 4.57. The minimum absolute atomic E-state index is 0.0946. The third-order valence-corrected chi connectivity index (χ3v) is 4.88. The fraction of sp³-hybridized carbons (Fsp3) is 0.176. The van der Waals surface area contributed by atoms with E-state index in [0.717, 1.165) is 16.5 Å². The predicted molar refractivity (Wildman–Crippen MR) is 94.7 cm³/mol. The second kappa shape index (κ2) is 5.82. The zero-order valence-electron chi connectivity index (χ0n) is 13.7. The summed E-state index contributed by atoms with van der Waals surface area (Å²) in [7, 11) is 0. The van der Waals surface area contributed by atoms with E-state index in [9.17, 15) is 9.59 Å². The van der Waals surface area contributed by atoms with Gasteiger partial charge in [-0.1, -0.05) is 6.07 Å². The third kappa shape index (κ3) is 2.51. The number of carbonyl (C=O) groups excluding carboxylic acids is 1. The molecule has 0 atom stereocenters. The second-order valence-electron chi connectivity index (χ2n) is 5.73. The van der Waals surface area contributed by atoms with E-state index in [1.807, 2.05) is 29.9 Å². The first-order valence-corrected chi connectivity index (χ1v) is 8.60. The lowest BCUT2D eigenvalue weighted by Crippen LogP contribution is -2.25. The van der Waals surface area contributed by atoms with Crippen LogP contribution in [0.25, 0.3) is 10.8 Å². The van der Waals surface area contributed by atoms with Gasteiger partial charge in [0.15, 0.2) is 16.6 Å². The van der Waals surface area contributed by atoms with Crippen LogP contribution in [0.1, 0.15) is 21.7 Å². The summed E-state index contributed by atoms with van der Waals surface area (Å²) in [5, 5.41) is 6.93. The first-order valence-electron chi connectivity index (χ1n) is 7.72. The molecule has 0 saturated heterocycles. The summed E-state index contributed by atoms with van der Waals surface area (Å²) in [6.45, 7) is 3.72. The molecule has 0 unspecified atom stereocenters. The first kappa shape index (κ1) is 15.5. The van der Waals surface area contributed by atoms with Crippen molar-refractivity contribution < 1.29 is 4.79 Å². The van der Waals surface area contributed by atoms with Crippen LogP contribution in [0.3, 0.4) is 0 Å². The van der Waals surface area contributed by atoms with Gasteiger partial charge in [-0.05, 0) is 32.0 Å². The Hall–Kier alpha value is -3.00. The van der Waals surface area contributed by atoms with Gasteiger partial charge in [-0.3, -0.25) is 13.8 Å². The molecule has 0 amide bonds. The molecule has 0 aromatic carbocycles. The number of ketones is 1. The number of nitrogens with zero attached hydrogens (tertiary/aromatic N) is 5. The molecular weight excluding hydrogens is 338 g/mol. The molecule has 4 aromatic heterocycles. The lowest BCUT2D eigenvalue weighted by atomic mass is 10.1. The highest BCUT2D eigenvalue weighted by Gasteiger charge is 2.19. The number of aryl methyl sites for hydroxylation is 1. The fourth-order valence-electron chi connectivity index (χ4n) is 2.96. The van der Waals surface area contributed by atoms with Crippen LogP contribution in [-0.2, 0) is 6.54 Å². The van der Waals surface area contributed by atoms with Gasteiger partial charge in [0, 0.05) is 34.7 Å². The lowest BCUT2D eigenvalue weighted by molar-refractivity contribution is 0.0965. The van der Waals surface area contributed by atoms with Crippen molar-refractivity contribution in [2.24, 2.45) is 0 Å². The maximum absolute atomic E-state index is 12.8. The van der Waals surface area contributed by atoms with Gasteiger partial charge in [0.1, 0.15) is 6.54 Å². The molecule has 0 aliphatic rings. The molecule has 25 heavy (non-hydrogen) atoms. The largest absolute Gasteiger partial charge is 0.350 e. The minimum Gasteiger partial charge on any atom is -0.294 e. The molecule has 0 spiro atoms. The highest BCUT2D eigenvalue weighted by atomic mass is 32.1. The van der Waals surface area contributed by atoms with Gasteiger partial charge in [-0.25, -0.2) is 14.5 Å². The Balaban J connectivity index is 1.71. The number of hydrogen-bond acceptors (Lipinski definition) is 5. The number of rotatable bonds is 4. The highest BCUT2D eigenvalue weighted by Crippen LogP contribution is 2.22. The first-order chi connectivity index (χ1) is 12.1. The summed E-state index contributed by atoms with van der Waals surface area (Å²) in [5.41, 5.74) is 2.52. The lowest BCUT2D eigenvalue weighted by Gasteiger charge is -2.05. The Morgan fingerprint density at radius 3 is 2.84 bits per heavy atom. The molecule has 4 heterocycles. The number of hydrogen-bond donors (Lipinski definition) is 0. The van der Waals surface area contributed by atoms with E-state index in [-0.39, 0.29) is 18.0 Å². The van der Waals surface area contributed by atoms with Crippen molar-refractivity contribution in [3.63, 3.8) is 0 Å². The number of pyridine rings is 1. The van der Waals surface area contributed by atoms with Crippen LogP contribution in [0.4, 0.5) is 0 Å². The normalized spacial score (nSPS) is 11.3. The average Bonchev–Trinajstić information content (AvgIpc) is 3.28. The Bertz CT molecular complexity index is 1130. The van der Waals surface area contributed by atoms with Crippen LogP contribution >= 0.6 is 11.3 Å². The number of carbonyl (C=O) groups is 1. The number of thiazole rings is 1. The van der Waals surface area contributed by atoms with Crippen molar-refractivity contribution in [3.05, 3.63) is 69.5 Å². The van der Waals surface area contributed by atoms with E-state index in [1.54, 1.807) is 30.6 Å². The van der Waals surface area contributed by atoms with Crippen LogP contribution in [0.5, 0.6) is 0 Å². The molecule has 0 saturated carbocycles. The Morgan fingerprint density at radius 2 is 2.12 bits per heavy atom. The molecule has 7 nitrogen and oxygen atoms in total. The highest BCUT2D eigenvalue weighted by molar-refractivity contribution is 7.12. The molecule has 0 bridgehead atoms. The molecule has 0 radical (unpaired) electrons. The Morgan fingerprint density at radius 1 is 1.28 bits per heavy atom. The molecule has 0 N–H and O–H groups in total. The van der Waals surface area contributed by atoms with Crippen LogP contribution in [0.15, 0.2) is 46.8 Å². The molecule has 0 aliphatic heterocycles. The van der Waals surface area contributed by atoms with E-state index in [1.165, 1.54) is 20.4 Å². The second-order valence-corrected chi connectivity index (χ2v) is 6.60. The predicted octanol–water partition coefficient (Wildman–Crippen LogP) is 2.24. The van der Waals surface area contributed by atoms with Crippen LogP contribution in [-0.4, -0.2) is 29.5 Å². The molecule has 126 valence electrons. The minimum atomic E-state index is -0.322. The molecule has 8 heteroatoms. The average molecular weight is 353 g/mol. The summed E-state index contributed by atoms with van der Waals surface area (Å²) in [6.07, 6.45) is 3.37. The number of Topliss-reactive ketones (excluding diaryl/α,β-unsaturated/α-hetero) is 1. The maximum atomic E-state index is 12.8. The zero-order chi connectivity index (χ0) is 17.6. The quantitative estimate of drug-likeness (QED) is 0.528. The fourth-order valence-corrected chi connectivity index (χ4v) is 3.71. The van der Waals surface area contributed by atoms with E-state index in [2.05, 4.69) is 10.1 Å². The zero-order valence-corrected chi connectivity index (χ0v) is 14.5. The standard InChI is InChI=1S/C17H15N5O2S/c1-11-9-13(12(2)22(11)16-18-6-8-25-16)14(23)10-21-17(24)20-7-4-3-5-15(20)19-21/h3-9H,10H2,1-2H3. The molecule has 4 aromatic rings. The summed E-state index contributed by atoms with van der Waals surface area (Å²) in [6, 6.07) is 7.12. The van der Waals surface area contributed by atoms with Crippen LogP contribution < -0.4 is 5.69 Å². The van der Waals surface area contributed by atoms with Crippen LogP contribution in [0.2, 0.25) is 0 Å². The monoisotopic (exact) mass is 353 g/mol. The molecular formula is C17H15N5O2S. The van der Waals surface area contributed by atoms with Gasteiger partial charge in [0.05, 0.1) is 0 Å². The van der Waals surface area contributed by atoms with E-state index < -0.39 is 0 Å². The third-order valence-electron chi connectivity index (χ3n) is 4.12. The molecule has 4 rings (SSSR count). The SMILES string of the molecule is Cc1cc(C(=O)Cn2nc3ccccn3c2=O)c(C)n1-c1nccs1. The van der Waals surface area contributed by atoms with Crippen LogP contribution in [0, 0.1) is 13.8 Å². The van der Waals surface area contributed by atoms with Gasteiger partial charge >= 0.3 is 5.69 Å². The van der Waals surface area contributed by atoms with E-state index >= 15 is 0 Å². The molecule has 0 aliphatic carbocycles. The van der Waals surface area contributed by atoms with Gasteiger partial charge in [0.25, 0.3) is 0 Å². The summed E-state index contributed by atoms with van der Waals surface area (Å²) in [4.78, 5) is 29.4. The van der Waals surface area contributed by atoms with Crippen molar-refractivity contribution >= 4 is 22.8 Å². The van der Waals surface area contributed by atoms with E-state index in [0.29, 0.717) is 11.2 Å².